The van der Waals surface area contributed by atoms with E-state index in [1.807, 2.05) is 6.07 Å². The van der Waals surface area contributed by atoms with Gasteiger partial charge in [-0.15, -0.1) is 0 Å². The smallest absolute Gasteiger partial charge is 0.251 e. The van der Waals surface area contributed by atoms with Crippen molar-refractivity contribution < 1.29 is 4.79 Å². The van der Waals surface area contributed by atoms with Crippen LogP contribution in [0.15, 0.2) is 28.7 Å². The summed E-state index contributed by atoms with van der Waals surface area (Å²) in [6, 6.07) is 6.64. The maximum absolute atomic E-state index is 13.1. The van der Waals surface area contributed by atoms with Gasteiger partial charge in [-0.05, 0) is 85.8 Å². The van der Waals surface area contributed by atoms with Gasteiger partial charge in [-0.3, -0.25) is 4.79 Å². The van der Waals surface area contributed by atoms with E-state index in [9.17, 15) is 4.79 Å². The molecule has 3 heteroatoms. The van der Waals surface area contributed by atoms with Crippen molar-refractivity contribution in [2.75, 3.05) is 0 Å². The first-order valence-corrected chi connectivity index (χ1v) is 10.3. The fourth-order valence-electron chi connectivity index (χ4n) is 6.14. The SMILES string of the molecule is O=C(NC1C2CC3CC(C2)CC1C3)C1=CCCc2c(Br)cccc21. The van der Waals surface area contributed by atoms with Crippen LogP contribution < -0.4 is 5.32 Å². The first-order valence-electron chi connectivity index (χ1n) is 9.48. The van der Waals surface area contributed by atoms with Gasteiger partial charge in [0, 0.05) is 16.1 Å². The second-order valence-corrected chi connectivity index (χ2v) is 9.21. The molecule has 6 rings (SSSR count). The average Bonchev–Trinajstić information content (AvgIpc) is 2.57. The normalized spacial score (nSPS) is 36.2. The molecule has 5 aliphatic carbocycles. The van der Waals surface area contributed by atoms with E-state index < -0.39 is 0 Å². The lowest BCUT2D eigenvalue weighted by Gasteiger charge is -2.54. The number of halogens is 1. The van der Waals surface area contributed by atoms with Crippen LogP contribution in [0.3, 0.4) is 0 Å². The standard InChI is InChI=1S/C21H24BrNO/c22-19-6-2-3-16-17(19)4-1-5-18(16)21(24)23-20-14-8-12-7-13(10-14)11-15(20)9-12/h2-3,5-6,12-15,20H,1,4,7-11H2,(H,23,24). The van der Waals surface area contributed by atoms with Crippen LogP contribution in [0.25, 0.3) is 5.57 Å². The van der Waals surface area contributed by atoms with Crippen molar-refractivity contribution in [2.24, 2.45) is 23.7 Å². The van der Waals surface area contributed by atoms with Crippen LogP contribution >= 0.6 is 15.9 Å². The summed E-state index contributed by atoms with van der Waals surface area (Å²) < 4.78 is 1.13. The Bertz CT molecular complexity index is 695. The summed E-state index contributed by atoms with van der Waals surface area (Å²) in [7, 11) is 0. The third-order valence-electron chi connectivity index (χ3n) is 6.92. The van der Waals surface area contributed by atoms with E-state index in [0.29, 0.717) is 6.04 Å². The zero-order chi connectivity index (χ0) is 16.3. The van der Waals surface area contributed by atoms with Crippen molar-refractivity contribution in [3.05, 3.63) is 39.9 Å². The number of amides is 1. The molecule has 0 radical (unpaired) electrons. The number of rotatable bonds is 2. The molecule has 1 N–H and O–H groups in total. The van der Waals surface area contributed by atoms with Crippen molar-refractivity contribution in [1.82, 2.24) is 5.32 Å². The topological polar surface area (TPSA) is 29.1 Å². The molecule has 0 saturated heterocycles. The highest BCUT2D eigenvalue weighted by Gasteiger charge is 2.48. The Morgan fingerprint density at radius 2 is 1.75 bits per heavy atom. The number of fused-ring (bicyclic) bond motifs is 1. The van der Waals surface area contributed by atoms with E-state index in [2.05, 4.69) is 39.5 Å². The zero-order valence-electron chi connectivity index (χ0n) is 13.9. The predicted octanol–water partition coefficient (Wildman–Crippen LogP) is 4.72. The van der Waals surface area contributed by atoms with Crippen LogP contribution in [0.4, 0.5) is 0 Å². The third-order valence-corrected chi connectivity index (χ3v) is 7.66. The maximum Gasteiger partial charge on any atom is 0.251 e. The molecule has 1 amide bonds. The summed E-state index contributed by atoms with van der Waals surface area (Å²) in [5.41, 5.74) is 3.30. The number of hydrogen-bond donors (Lipinski definition) is 1. The van der Waals surface area contributed by atoms with Gasteiger partial charge in [0.25, 0.3) is 5.91 Å². The molecule has 0 aromatic heterocycles. The first kappa shape index (κ1) is 15.2. The second-order valence-electron chi connectivity index (χ2n) is 8.35. The molecule has 0 atom stereocenters. The average molecular weight is 386 g/mol. The summed E-state index contributed by atoms with van der Waals surface area (Å²) >= 11 is 3.65. The number of allylic oxidation sites excluding steroid dienone is 1. The van der Waals surface area contributed by atoms with Crippen molar-refractivity contribution >= 4 is 27.4 Å². The molecule has 1 aromatic carbocycles. The van der Waals surface area contributed by atoms with Crippen LogP contribution in [0, 0.1) is 23.7 Å². The Balaban J connectivity index is 1.38. The quantitative estimate of drug-likeness (QED) is 0.783. The molecule has 0 heterocycles. The van der Waals surface area contributed by atoms with Gasteiger partial charge in [0.05, 0.1) is 0 Å². The summed E-state index contributed by atoms with van der Waals surface area (Å²) in [5.74, 6) is 3.52. The van der Waals surface area contributed by atoms with Crippen molar-refractivity contribution in [2.45, 2.75) is 51.0 Å². The largest absolute Gasteiger partial charge is 0.349 e. The number of nitrogens with one attached hydrogen (secondary N) is 1. The van der Waals surface area contributed by atoms with E-state index in [1.54, 1.807) is 0 Å². The van der Waals surface area contributed by atoms with Crippen LogP contribution in [0.1, 0.15) is 49.7 Å². The molecule has 4 fully saturated rings. The molecule has 24 heavy (non-hydrogen) atoms. The minimum atomic E-state index is 0.159. The van der Waals surface area contributed by atoms with E-state index in [4.69, 9.17) is 0 Å². The fraction of sp³-hybridized carbons (Fsp3) is 0.571. The minimum absolute atomic E-state index is 0.159. The molecule has 1 aromatic rings. The molecule has 4 saturated carbocycles. The molecule has 5 aliphatic rings. The van der Waals surface area contributed by atoms with Gasteiger partial charge in [-0.2, -0.15) is 0 Å². The second kappa shape index (κ2) is 5.72. The number of carbonyl (C=O) groups is 1. The van der Waals surface area contributed by atoms with Crippen LogP contribution in [0.2, 0.25) is 0 Å². The zero-order valence-corrected chi connectivity index (χ0v) is 15.5. The summed E-state index contributed by atoms with van der Waals surface area (Å²) in [6.07, 6.45) is 11.0. The summed E-state index contributed by atoms with van der Waals surface area (Å²) in [4.78, 5) is 13.1. The molecule has 0 aliphatic heterocycles. The fourth-order valence-corrected chi connectivity index (χ4v) is 6.71. The Kier molecular flexibility index (Phi) is 3.62. The Hall–Kier alpha value is -1.09. The monoisotopic (exact) mass is 385 g/mol. The van der Waals surface area contributed by atoms with Gasteiger partial charge in [-0.25, -0.2) is 0 Å². The van der Waals surface area contributed by atoms with Crippen molar-refractivity contribution in [3.8, 4) is 0 Å². The highest BCUT2D eigenvalue weighted by molar-refractivity contribution is 9.10. The Morgan fingerprint density at radius 1 is 1.04 bits per heavy atom. The van der Waals surface area contributed by atoms with E-state index in [0.717, 1.165) is 52.1 Å². The van der Waals surface area contributed by atoms with Gasteiger partial charge < -0.3 is 5.32 Å². The van der Waals surface area contributed by atoms with Crippen LogP contribution in [-0.4, -0.2) is 11.9 Å². The Morgan fingerprint density at radius 3 is 2.46 bits per heavy atom. The summed E-state index contributed by atoms with van der Waals surface area (Å²) in [6.45, 7) is 0. The molecule has 126 valence electrons. The van der Waals surface area contributed by atoms with Crippen LogP contribution in [-0.2, 0) is 11.2 Å². The molecular weight excluding hydrogens is 362 g/mol. The maximum atomic E-state index is 13.1. The van der Waals surface area contributed by atoms with Crippen molar-refractivity contribution in [1.29, 1.82) is 0 Å². The molecule has 0 spiro atoms. The molecule has 4 bridgehead atoms. The molecule has 0 unspecified atom stereocenters. The Labute approximate surface area is 152 Å². The third kappa shape index (κ3) is 2.39. The predicted molar refractivity (Wildman–Crippen MR) is 99.4 cm³/mol. The van der Waals surface area contributed by atoms with Gasteiger partial charge >= 0.3 is 0 Å². The van der Waals surface area contributed by atoms with Gasteiger partial charge in [-0.1, -0.05) is 34.1 Å². The lowest BCUT2D eigenvalue weighted by Crippen LogP contribution is -2.56. The van der Waals surface area contributed by atoms with Gasteiger partial charge in [0.1, 0.15) is 0 Å². The number of hydrogen-bond acceptors (Lipinski definition) is 1. The minimum Gasteiger partial charge on any atom is -0.349 e. The van der Waals surface area contributed by atoms with E-state index >= 15 is 0 Å². The van der Waals surface area contributed by atoms with Gasteiger partial charge in [0.15, 0.2) is 0 Å². The van der Waals surface area contributed by atoms with E-state index in [1.165, 1.54) is 37.7 Å². The molecular formula is C21H24BrNO. The highest BCUT2D eigenvalue weighted by Crippen LogP contribution is 2.53. The van der Waals surface area contributed by atoms with Crippen molar-refractivity contribution in [3.63, 3.8) is 0 Å². The molecule has 2 nitrogen and oxygen atoms in total. The number of benzene rings is 1. The van der Waals surface area contributed by atoms with Crippen LogP contribution in [0.5, 0.6) is 0 Å². The van der Waals surface area contributed by atoms with Gasteiger partial charge in [0.2, 0.25) is 0 Å². The summed E-state index contributed by atoms with van der Waals surface area (Å²) in [5, 5.41) is 3.47. The lowest BCUT2D eigenvalue weighted by molar-refractivity contribution is -0.119. The number of carbonyl (C=O) groups excluding carboxylic acids is 1. The highest BCUT2D eigenvalue weighted by atomic mass is 79.9. The lowest BCUT2D eigenvalue weighted by atomic mass is 9.54. The van der Waals surface area contributed by atoms with E-state index in [-0.39, 0.29) is 5.91 Å². The first-order chi connectivity index (χ1) is 11.7.